The number of hydrogen-bond acceptors (Lipinski definition) is 0. The molecular weight excluding hydrogens is 723 g/mol. The van der Waals surface area contributed by atoms with Crippen LogP contribution < -0.4 is 0 Å². The van der Waals surface area contributed by atoms with E-state index < -0.39 is 0 Å². The molecule has 1 fully saturated rings. The van der Waals surface area contributed by atoms with Crippen LogP contribution in [0.1, 0.15) is 54.0 Å². The normalized spacial score (nSPS) is 17.5. The fraction of sp³-hybridized carbons (Fsp3) is 0.119. The fourth-order valence-electron chi connectivity index (χ4n) is 11.0. The predicted octanol–water partition coefficient (Wildman–Crippen LogP) is 15.2. The summed E-state index contributed by atoms with van der Waals surface area (Å²) in [6.45, 7) is 4.81. The number of fused-ring (bicyclic) bond motifs is 7. The SMILES string of the molecule is CC1(C)c2ccccc2-c2ccc(C3(Cc4ccc(-c5ccccc5)cc4)CC3c3cccc4c(-c5ccc6c(c5)c5ccccc5n6-c5ccccc5)cccc34)cc21. The van der Waals surface area contributed by atoms with Gasteiger partial charge in [-0.1, -0.05) is 190 Å². The van der Waals surface area contributed by atoms with Crippen LogP contribution in [0.4, 0.5) is 0 Å². The molecule has 2 aliphatic rings. The largest absolute Gasteiger partial charge is 0.309 e. The molecule has 0 amide bonds. The molecule has 1 heteroatoms. The highest BCUT2D eigenvalue weighted by Gasteiger charge is 2.56. The first-order valence-electron chi connectivity index (χ1n) is 21.5. The second-order valence-electron chi connectivity index (χ2n) is 17.8. The minimum atomic E-state index is -0.0479. The van der Waals surface area contributed by atoms with Crippen molar-refractivity contribution in [1.82, 2.24) is 4.57 Å². The number of rotatable bonds is 7. The Balaban J connectivity index is 0.975. The van der Waals surface area contributed by atoms with E-state index in [0.29, 0.717) is 5.92 Å². The highest BCUT2D eigenvalue weighted by Crippen LogP contribution is 2.64. The van der Waals surface area contributed by atoms with Crippen molar-refractivity contribution in [2.75, 3.05) is 0 Å². The lowest BCUT2D eigenvalue weighted by Crippen LogP contribution is -2.18. The van der Waals surface area contributed by atoms with E-state index in [0.717, 1.165) is 12.8 Å². The molecule has 12 rings (SSSR count). The number of benzene rings is 9. The molecule has 0 saturated heterocycles. The number of hydrogen-bond donors (Lipinski definition) is 0. The molecule has 0 spiro atoms. The summed E-state index contributed by atoms with van der Waals surface area (Å²) in [5, 5.41) is 5.24. The summed E-state index contributed by atoms with van der Waals surface area (Å²) in [4.78, 5) is 0. The first-order valence-corrected chi connectivity index (χ1v) is 21.5. The first kappa shape index (κ1) is 35.0. The van der Waals surface area contributed by atoms with Crippen molar-refractivity contribution < 1.29 is 0 Å². The highest BCUT2D eigenvalue weighted by atomic mass is 15.0. The topological polar surface area (TPSA) is 4.93 Å². The van der Waals surface area contributed by atoms with Gasteiger partial charge in [-0.3, -0.25) is 0 Å². The molecule has 2 aliphatic carbocycles. The van der Waals surface area contributed by atoms with Crippen molar-refractivity contribution in [2.24, 2.45) is 0 Å². The molecule has 0 radical (unpaired) electrons. The zero-order valence-electron chi connectivity index (χ0n) is 34.1. The summed E-state index contributed by atoms with van der Waals surface area (Å²) in [7, 11) is 0. The Morgan fingerprint density at radius 2 is 1.08 bits per heavy atom. The van der Waals surface area contributed by atoms with Gasteiger partial charge in [-0.05, 0) is 121 Å². The summed E-state index contributed by atoms with van der Waals surface area (Å²) < 4.78 is 2.40. The van der Waals surface area contributed by atoms with Crippen molar-refractivity contribution in [3.63, 3.8) is 0 Å². The molecule has 286 valence electrons. The molecule has 0 bridgehead atoms. The van der Waals surface area contributed by atoms with E-state index in [4.69, 9.17) is 0 Å². The minimum Gasteiger partial charge on any atom is -0.309 e. The molecule has 0 N–H and O–H groups in total. The van der Waals surface area contributed by atoms with Crippen LogP contribution in [0, 0.1) is 0 Å². The quantitative estimate of drug-likeness (QED) is 0.152. The van der Waals surface area contributed by atoms with E-state index in [-0.39, 0.29) is 10.8 Å². The van der Waals surface area contributed by atoms with Crippen molar-refractivity contribution in [3.05, 3.63) is 234 Å². The average molecular weight is 768 g/mol. The molecule has 2 atom stereocenters. The maximum atomic E-state index is 2.59. The van der Waals surface area contributed by atoms with Gasteiger partial charge in [0.1, 0.15) is 0 Å². The number of nitrogens with zero attached hydrogens (tertiary/aromatic N) is 1. The zero-order valence-corrected chi connectivity index (χ0v) is 34.1. The smallest absolute Gasteiger partial charge is 0.0541 e. The van der Waals surface area contributed by atoms with Crippen molar-refractivity contribution in [3.8, 4) is 39.1 Å². The summed E-state index contributed by atoms with van der Waals surface area (Å²) in [6, 6.07) is 77.3. The molecule has 10 aromatic rings. The van der Waals surface area contributed by atoms with E-state index in [9.17, 15) is 0 Å². The molecule has 0 aliphatic heterocycles. The third-order valence-corrected chi connectivity index (χ3v) is 14.1. The number of aromatic nitrogens is 1. The van der Waals surface area contributed by atoms with Crippen LogP contribution in [0.3, 0.4) is 0 Å². The van der Waals surface area contributed by atoms with E-state index in [1.165, 1.54) is 99.5 Å². The molecule has 2 unspecified atom stereocenters. The summed E-state index contributed by atoms with van der Waals surface area (Å²) in [5.41, 5.74) is 18.6. The van der Waals surface area contributed by atoms with E-state index in [1.54, 1.807) is 0 Å². The van der Waals surface area contributed by atoms with Crippen LogP contribution in [0.2, 0.25) is 0 Å². The summed E-state index contributed by atoms with van der Waals surface area (Å²) >= 11 is 0. The second kappa shape index (κ2) is 13.3. The molecule has 60 heavy (non-hydrogen) atoms. The van der Waals surface area contributed by atoms with E-state index >= 15 is 0 Å². The van der Waals surface area contributed by atoms with E-state index in [2.05, 4.69) is 225 Å². The van der Waals surface area contributed by atoms with Crippen molar-refractivity contribution in [2.45, 2.75) is 43.4 Å². The Bertz CT molecular complexity index is 3280. The van der Waals surface area contributed by atoms with Crippen LogP contribution in [-0.4, -0.2) is 4.57 Å². The Hall–Kier alpha value is -6.96. The minimum absolute atomic E-state index is 0.0172. The van der Waals surface area contributed by atoms with Gasteiger partial charge in [-0.15, -0.1) is 0 Å². The zero-order chi connectivity index (χ0) is 40.0. The van der Waals surface area contributed by atoms with Gasteiger partial charge in [0.05, 0.1) is 11.0 Å². The molecule has 9 aromatic carbocycles. The Labute approximate surface area is 352 Å². The molecule has 1 heterocycles. The van der Waals surface area contributed by atoms with Crippen LogP contribution in [-0.2, 0) is 17.3 Å². The lowest BCUT2D eigenvalue weighted by atomic mass is 9.78. The van der Waals surface area contributed by atoms with Crippen molar-refractivity contribution >= 4 is 32.6 Å². The van der Waals surface area contributed by atoms with Gasteiger partial charge in [-0.2, -0.15) is 0 Å². The lowest BCUT2D eigenvalue weighted by Gasteiger charge is -2.25. The third kappa shape index (κ3) is 5.32. The lowest BCUT2D eigenvalue weighted by molar-refractivity contribution is 0.639. The first-order chi connectivity index (χ1) is 29.5. The van der Waals surface area contributed by atoms with Gasteiger partial charge in [0.25, 0.3) is 0 Å². The summed E-state index contributed by atoms with van der Waals surface area (Å²) in [6.07, 6.45) is 2.12. The van der Waals surface area contributed by atoms with Gasteiger partial charge in [0, 0.05) is 27.3 Å². The van der Waals surface area contributed by atoms with Gasteiger partial charge >= 0.3 is 0 Å². The monoisotopic (exact) mass is 767 g/mol. The molecular formula is C59H45N. The summed E-state index contributed by atoms with van der Waals surface area (Å²) in [5.74, 6) is 0.390. The van der Waals surface area contributed by atoms with Crippen LogP contribution in [0.15, 0.2) is 206 Å². The fourth-order valence-corrected chi connectivity index (χ4v) is 11.0. The standard InChI is InChI=1S/C59H45N/c1-58(2)53-25-11-9-19-49(53)50-33-32-43(36-54(50)58)59(37-39-27-29-41(30-28-39)40-15-5-3-6-16-40)38-55(59)48-24-14-22-46-45(21-13-23-47(46)48)42-31-34-57-52(35-42)51-20-10-12-26-56(51)60(57)44-17-7-4-8-18-44/h3-36,55H,37-38H2,1-2H3. The van der Waals surface area contributed by atoms with Gasteiger partial charge in [-0.25, -0.2) is 0 Å². The predicted molar refractivity (Wildman–Crippen MR) is 252 cm³/mol. The average Bonchev–Trinajstić information content (AvgIpc) is 3.86. The van der Waals surface area contributed by atoms with Crippen LogP contribution >= 0.6 is 0 Å². The molecule has 1 aromatic heterocycles. The van der Waals surface area contributed by atoms with Gasteiger partial charge in [0.2, 0.25) is 0 Å². The van der Waals surface area contributed by atoms with Crippen LogP contribution in [0.5, 0.6) is 0 Å². The van der Waals surface area contributed by atoms with E-state index in [1.807, 2.05) is 0 Å². The van der Waals surface area contributed by atoms with Crippen molar-refractivity contribution in [1.29, 1.82) is 0 Å². The Kier molecular flexibility index (Phi) is 7.75. The van der Waals surface area contributed by atoms with Gasteiger partial charge in [0.15, 0.2) is 0 Å². The third-order valence-electron chi connectivity index (χ3n) is 14.1. The molecule has 1 saturated carbocycles. The van der Waals surface area contributed by atoms with Gasteiger partial charge < -0.3 is 4.57 Å². The Morgan fingerprint density at radius 1 is 0.450 bits per heavy atom. The maximum absolute atomic E-state index is 2.59. The Morgan fingerprint density at radius 3 is 1.93 bits per heavy atom. The van der Waals surface area contributed by atoms with Crippen LogP contribution in [0.25, 0.3) is 71.6 Å². The highest BCUT2D eigenvalue weighted by molar-refractivity contribution is 6.11. The molecule has 1 nitrogen and oxygen atoms in total. The number of para-hydroxylation sites is 2. The maximum Gasteiger partial charge on any atom is 0.0541 e. The second-order valence-corrected chi connectivity index (χ2v) is 17.8.